The van der Waals surface area contributed by atoms with Gasteiger partial charge < -0.3 is 4.90 Å². The third-order valence-corrected chi connectivity index (χ3v) is 4.12. The Labute approximate surface area is 98.1 Å². The molecule has 2 heterocycles. The van der Waals surface area contributed by atoms with Gasteiger partial charge >= 0.3 is 0 Å². The van der Waals surface area contributed by atoms with Gasteiger partial charge in [-0.05, 0) is 13.3 Å². The second-order valence-electron chi connectivity index (χ2n) is 5.11. The summed E-state index contributed by atoms with van der Waals surface area (Å²) in [6.45, 7) is 11.9. The largest absolute Gasteiger partial charge is 0.338 e. The summed E-state index contributed by atoms with van der Waals surface area (Å²) >= 11 is 0. The molecular weight excluding hydrogens is 200 g/mol. The van der Waals surface area contributed by atoms with E-state index in [4.69, 9.17) is 0 Å². The minimum absolute atomic E-state index is 0.258. The molecule has 3 heteroatoms. The summed E-state index contributed by atoms with van der Waals surface area (Å²) in [6, 6.07) is 0.617. The molecular formula is C13H22N2O. The molecule has 16 heavy (non-hydrogen) atoms. The second kappa shape index (κ2) is 4.58. The molecule has 2 saturated heterocycles. The summed E-state index contributed by atoms with van der Waals surface area (Å²) in [6.07, 6.45) is 3.00. The van der Waals surface area contributed by atoms with Crippen LogP contribution in [0.1, 0.15) is 20.3 Å². The lowest BCUT2D eigenvalue weighted by Gasteiger charge is -2.25. The Balaban J connectivity index is 1.97. The van der Waals surface area contributed by atoms with E-state index in [1.165, 1.54) is 6.42 Å². The van der Waals surface area contributed by atoms with Crippen LogP contribution >= 0.6 is 0 Å². The van der Waals surface area contributed by atoms with E-state index in [1.807, 2.05) is 11.0 Å². The zero-order valence-electron chi connectivity index (χ0n) is 10.4. The number of rotatable bonds is 4. The minimum Gasteiger partial charge on any atom is -0.338 e. The number of amides is 1. The molecule has 0 spiro atoms. The Morgan fingerprint density at radius 1 is 1.50 bits per heavy atom. The normalized spacial score (nSPS) is 31.9. The first-order valence-corrected chi connectivity index (χ1v) is 6.31. The SMILES string of the molecule is C=CCN1C[C@@H]2CN(C(C)CC)C[C@@H]2C1=O. The summed E-state index contributed by atoms with van der Waals surface area (Å²) in [4.78, 5) is 16.5. The van der Waals surface area contributed by atoms with Gasteiger partial charge in [-0.1, -0.05) is 13.0 Å². The molecule has 3 atom stereocenters. The fraction of sp³-hybridized carbons (Fsp3) is 0.769. The van der Waals surface area contributed by atoms with Gasteiger partial charge in [-0.25, -0.2) is 0 Å². The molecule has 0 bridgehead atoms. The highest BCUT2D eigenvalue weighted by Crippen LogP contribution is 2.33. The highest BCUT2D eigenvalue weighted by Gasteiger charge is 2.46. The number of likely N-dealkylation sites (tertiary alicyclic amines) is 2. The van der Waals surface area contributed by atoms with Crippen molar-refractivity contribution in [3.8, 4) is 0 Å². The van der Waals surface area contributed by atoms with Crippen LogP contribution in [0.3, 0.4) is 0 Å². The summed E-state index contributed by atoms with van der Waals surface area (Å²) in [5.74, 6) is 1.16. The molecule has 2 rings (SSSR count). The first kappa shape index (κ1) is 11.6. The fourth-order valence-corrected chi connectivity index (χ4v) is 2.92. The van der Waals surface area contributed by atoms with Gasteiger partial charge in [-0.2, -0.15) is 0 Å². The van der Waals surface area contributed by atoms with Gasteiger partial charge in [0.05, 0.1) is 5.92 Å². The maximum Gasteiger partial charge on any atom is 0.227 e. The number of hydrogen-bond acceptors (Lipinski definition) is 2. The average Bonchev–Trinajstić information content (AvgIpc) is 2.80. The quantitative estimate of drug-likeness (QED) is 0.671. The summed E-state index contributed by atoms with van der Waals surface area (Å²) < 4.78 is 0. The van der Waals surface area contributed by atoms with E-state index in [9.17, 15) is 4.79 Å². The van der Waals surface area contributed by atoms with Crippen LogP contribution in [-0.2, 0) is 4.79 Å². The Morgan fingerprint density at radius 2 is 2.25 bits per heavy atom. The lowest BCUT2D eigenvalue weighted by Crippen LogP contribution is -2.36. The van der Waals surface area contributed by atoms with Gasteiger partial charge in [-0.15, -0.1) is 6.58 Å². The predicted molar refractivity (Wildman–Crippen MR) is 65.1 cm³/mol. The number of hydrogen-bond donors (Lipinski definition) is 0. The van der Waals surface area contributed by atoms with E-state index < -0.39 is 0 Å². The van der Waals surface area contributed by atoms with Crippen molar-refractivity contribution in [3.63, 3.8) is 0 Å². The first-order valence-electron chi connectivity index (χ1n) is 6.31. The lowest BCUT2D eigenvalue weighted by molar-refractivity contribution is -0.130. The molecule has 90 valence electrons. The Kier molecular flexibility index (Phi) is 3.33. The van der Waals surface area contributed by atoms with Crippen LogP contribution in [-0.4, -0.2) is 47.9 Å². The standard InChI is InChI=1S/C13H22N2O/c1-4-6-14-7-11-8-15(10(3)5-2)9-12(11)13(14)16/h4,10-12H,1,5-9H2,2-3H3/t10?,11-,12+/m1/s1. The average molecular weight is 222 g/mol. The molecule has 0 radical (unpaired) electrons. The Morgan fingerprint density at radius 3 is 2.81 bits per heavy atom. The smallest absolute Gasteiger partial charge is 0.227 e. The van der Waals surface area contributed by atoms with Crippen molar-refractivity contribution >= 4 is 5.91 Å². The van der Waals surface area contributed by atoms with E-state index in [0.717, 1.165) is 26.2 Å². The molecule has 0 aromatic heterocycles. The van der Waals surface area contributed by atoms with Crippen molar-refractivity contribution in [2.45, 2.75) is 26.3 Å². The molecule has 0 aromatic rings. The van der Waals surface area contributed by atoms with Gasteiger partial charge in [0, 0.05) is 38.1 Å². The minimum atomic E-state index is 0.258. The van der Waals surface area contributed by atoms with Crippen molar-refractivity contribution in [2.24, 2.45) is 11.8 Å². The molecule has 0 saturated carbocycles. The Hall–Kier alpha value is -0.830. The van der Waals surface area contributed by atoms with Crippen molar-refractivity contribution in [1.29, 1.82) is 0 Å². The number of carbonyl (C=O) groups is 1. The van der Waals surface area contributed by atoms with Crippen LogP contribution in [0.5, 0.6) is 0 Å². The monoisotopic (exact) mass is 222 g/mol. The first-order chi connectivity index (χ1) is 7.67. The molecule has 3 nitrogen and oxygen atoms in total. The van der Waals surface area contributed by atoms with Crippen LogP contribution < -0.4 is 0 Å². The second-order valence-corrected chi connectivity index (χ2v) is 5.11. The van der Waals surface area contributed by atoms with Gasteiger partial charge in [0.2, 0.25) is 5.91 Å². The van der Waals surface area contributed by atoms with Crippen LogP contribution in [0.2, 0.25) is 0 Å². The molecule has 0 aliphatic carbocycles. The van der Waals surface area contributed by atoms with Gasteiger partial charge in [0.25, 0.3) is 0 Å². The van der Waals surface area contributed by atoms with Crippen molar-refractivity contribution in [2.75, 3.05) is 26.2 Å². The van der Waals surface area contributed by atoms with E-state index in [0.29, 0.717) is 17.9 Å². The van der Waals surface area contributed by atoms with E-state index in [-0.39, 0.29) is 5.92 Å². The number of carbonyl (C=O) groups excluding carboxylic acids is 1. The van der Waals surface area contributed by atoms with Gasteiger partial charge in [0.1, 0.15) is 0 Å². The third-order valence-electron chi connectivity index (χ3n) is 4.12. The summed E-state index contributed by atoms with van der Waals surface area (Å²) in [5.41, 5.74) is 0. The van der Waals surface area contributed by atoms with Crippen molar-refractivity contribution in [1.82, 2.24) is 9.80 Å². The zero-order chi connectivity index (χ0) is 11.7. The zero-order valence-corrected chi connectivity index (χ0v) is 10.4. The van der Waals surface area contributed by atoms with Gasteiger partial charge in [-0.3, -0.25) is 9.69 Å². The molecule has 0 aromatic carbocycles. The molecule has 2 fully saturated rings. The number of fused-ring (bicyclic) bond motifs is 1. The highest BCUT2D eigenvalue weighted by atomic mass is 16.2. The topological polar surface area (TPSA) is 23.6 Å². The maximum atomic E-state index is 12.1. The van der Waals surface area contributed by atoms with Crippen molar-refractivity contribution < 1.29 is 4.79 Å². The molecule has 0 N–H and O–H groups in total. The van der Waals surface area contributed by atoms with Crippen LogP contribution in [0.25, 0.3) is 0 Å². The van der Waals surface area contributed by atoms with E-state index in [2.05, 4.69) is 25.3 Å². The van der Waals surface area contributed by atoms with Crippen LogP contribution in [0.4, 0.5) is 0 Å². The molecule has 1 unspecified atom stereocenters. The summed E-state index contributed by atoms with van der Waals surface area (Å²) in [5, 5.41) is 0. The predicted octanol–water partition coefficient (Wildman–Crippen LogP) is 1.36. The fourth-order valence-electron chi connectivity index (χ4n) is 2.92. The highest BCUT2D eigenvalue weighted by molar-refractivity contribution is 5.82. The van der Waals surface area contributed by atoms with Gasteiger partial charge in [0.15, 0.2) is 0 Å². The molecule has 2 aliphatic heterocycles. The van der Waals surface area contributed by atoms with E-state index >= 15 is 0 Å². The van der Waals surface area contributed by atoms with Crippen molar-refractivity contribution in [3.05, 3.63) is 12.7 Å². The molecule has 2 aliphatic rings. The maximum absolute atomic E-state index is 12.1. The summed E-state index contributed by atoms with van der Waals surface area (Å²) in [7, 11) is 0. The third kappa shape index (κ3) is 1.88. The lowest BCUT2D eigenvalue weighted by atomic mass is 10.0. The number of nitrogens with zero attached hydrogens (tertiary/aromatic N) is 2. The van der Waals surface area contributed by atoms with E-state index in [1.54, 1.807) is 0 Å². The van der Waals surface area contributed by atoms with Crippen LogP contribution in [0.15, 0.2) is 12.7 Å². The van der Waals surface area contributed by atoms with Crippen LogP contribution in [0, 0.1) is 11.8 Å². The molecule has 1 amide bonds. The Bertz CT molecular complexity index is 290.